The molecule has 0 spiro atoms. The molecule has 0 fully saturated rings. The van der Waals surface area contributed by atoms with Gasteiger partial charge >= 0.3 is 0 Å². The SMILES string of the molecule is CC.ClCc1nccs1. The minimum Gasteiger partial charge on any atom is -0.248 e. The van der Waals surface area contributed by atoms with Gasteiger partial charge in [-0.1, -0.05) is 13.8 Å². The summed E-state index contributed by atoms with van der Waals surface area (Å²) in [5.74, 6) is 0.539. The van der Waals surface area contributed by atoms with Crippen LogP contribution in [-0.4, -0.2) is 4.98 Å². The first-order chi connectivity index (χ1) is 4.43. The molecule has 0 aliphatic rings. The van der Waals surface area contributed by atoms with Crippen LogP contribution >= 0.6 is 22.9 Å². The average Bonchev–Trinajstić information content (AvgIpc) is 2.43. The van der Waals surface area contributed by atoms with E-state index in [0.717, 1.165) is 5.01 Å². The quantitative estimate of drug-likeness (QED) is 0.581. The maximum atomic E-state index is 5.42. The van der Waals surface area contributed by atoms with E-state index in [1.165, 1.54) is 0 Å². The van der Waals surface area contributed by atoms with Gasteiger partial charge in [-0.3, -0.25) is 0 Å². The van der Waals surface area contributed by atoms with Gasteiger partial charge in [0, 0.05) is 11.6 Å². The van der Waals surface area contributed by atoms with Crippen LogP contribution in [0.4, 0.5) is 0 Å². The van der Waals surface area contributed by atoms with Crippen LogP contribution in [0.3, 0.4) is 0 Å². The lowest BCUT2D eigenvalue weighted by Gasteiger charge is -1.75. The number of hydrogen-bond donors (Lipinski definition) is 0. The molecule has 1 aromatic rings. The summed E-state index contributed by atoms with van der Waals surface area (Å²) >= 11 is 7.00. The lowest BCUT2D eigenvalue weighted by Crippen LogP contribution is -1.67. The second-order valence-electron chi connectivity index (χ2n) is 1.06. The summed E-state index contributed by atoms with van der Waals surface area (Å²) in [5.41, 5.74) is 0. The molecule has 0 aromatic carbocycles. The summed E-state index contributed by atoms with van der Waals surface area (Å²) in [7, 11) is 0. The molecular formula is C6H10ClNS. The number of hydrogen-bond acceptors (Lipinski definition) is 2. The van der Waals surface area contributed by atoms with E-state index in [-0.39, 0.29) is 0 Å². The third kappa shape index (κ3) is 3.49. The van der Waals surface area contributed by atoms with Crippen molar-refractivity contribution in [2.45, 2.75) is 19.7 Å². The molecular weight excluding hydrogens is 154 g/mol. The van der Waals surface area contributed by atoms with E-state index in [1.54, 1.807) is 17.5 Å². The monoisotopic (exact) mass is 163 g/mol. The van der Waals surface area contributed by atoms with Gasteiger partial charge in [-0.25, -0.2) is 4.98 Å². The number of halogens is 1. The Balaban J connectivity index is 0.000000291. The summed E-state index contributed by atoms with van der Waals surface area (Å²) in [5, 5.41) is 2.90. The van der Waals surface area contributed by atoms with Crippen LogP contribution < -0.4 is 0 Å². The first kappa shape index (κ1) is 8.92. The van der Waals surface area contributed by atoms with Crippen LogP contribution in [0.2, 0.25) is 0 Å². The third-order valence-corrected chi connectivity index (χ3v) is 1.79. The first-order valence-corrected chi connectivity index (χ1v) is 4.29. The molecule has 3 heteroatoms. The zero-order valence-electron chi connectivity index (χ0n) is 5.60. The average molecular weight is 164 g/mol. The predicted octanol–water partition coefficient (Wildman–Crippen LogP) is 2.91. The highest BCUT2D eigenvalue weighted by molar-refractivity contribution is 7.09. The molecule has 1 nitrogen and oxygen atoms in total. The van der Waals surface area contributed by atoms with Gasteiger partial charge < -0.3 is 0 Å². The van der Waals surface area contributed by atoms with Crippen molar-refractivity contribution in [3.63, 3.8) is 0 Å². The van der Waals surface area contributed by atoms with Crippen molar-refractivity contribution in [3.8, 4) is 0 Å². The number of nitrogens with zero attached hydrogens (tertiary/aromatic N) is 1. The van der Waals surface area contributed by atoms with Gasteiger partial charge in [0.05, 0.1) is 5.88 Å². The summed E-state index contributed by atoms with van der Waals surface area (Å²) in [6.45, 7) is 4.00. The molecule has 1 aromatic heterocycles. The molecule has 0 atom stereocenters. The number of rotatable bonds is 1. The van der Waals surface area contributed by atoms with Crippen LogP contribution in [0.5, 0.6) is 0 Å². The molecule has 1 rings (SSSR count). The number of aromatic nitrogens is 1. The van der Waals surface area contributed by atoms with Crippen molar-refractivity contribution in [3.05, 3.63) is 16.6 Å². The van der Waals surface area contributed by atoms with Crippen LogP contribution in [0.15, 0.2) is 11.6 Å². The molecule has 0 N–H and O–H groups in total. The lowest BCUT2D eigenvalue weighted by molar-refractivity contribution is 1.26. The fourth-order valence-electron chi connectivity index (χ4n) is 0.319. The smallest absolute Gasteiger partial charge is 0.107 e. The van der Waals surface area contributed by atoms with Gasteiger partial charge in [0.2, 0.25) is 0 Å². The van der Waals surface area contributed by atoms with E-state index >= 15 is 0 Å². The van der Waals surface area contributed by atoms with Crippen LogP contribution in [-0.2, 0) is 5.88 Å². The Kier molecular flexibility index (Phi) is 5.99. The minimum atomic E-state index is 0.539. The van der Waals surface area contributed by atoms with Crippen LogP contribution in [0.1, 0.15) is 18.9 Å². The van der Waals surface area contributed by atoms with Crippen molar-refractivity contribution in [1.82, 2.24) is 4.98 Å². The molecule has 52 valence electrons. The van der Waals surface area contributed by atoms with Gasteiger partial charge in [0.15, 0.2) is 0 Å². The lowest BCUT2D eigenvalue weighted by atomic mass is 10.8. The van der Waals surface area contributed by atoms with Gasteiger partial charge in [-0.05, 0) is 0 Å². The van der Waals surface area contributed by atoms with Crippen LogP contribution in [0, 0.1) is 0 Å². The second-order valence-corrected chi connectivity index (χ2v) is 2.31. The van der Waals surface area contributed by atoms with E-state index in [2.05, 4.69) is 4.98 Å². The predicted molar refractivity (Wildman–Crippen MR) is 43.0 cm³/mol. The van der Waals surface area contributed by atoms with Gasteiger partial charge in [-0.2, -0.15) is 0 Å². The van der Waals surface area contributed by atoms with E-state index in [0.29, 0.717) is 5.88 Å². The maximum Gasteiger partial charge on any atom is 0.107 e. The number of alkyl halides is 1. The third-order valence-electron chi connectivity index (χ3n) is 0.598. The molecule has 0 aliphatic heterocycles. The summed E-state index contributed by atoms with van der Waals surface area (Å²) in [6.07, 6.45) is 1.75. The van der Waals surface area contributed by atoms with Crippen molar-refractivity contribution >= 4 is 22.9 Å². The van der Waals surface area contributed by atoms with Gasteiger partial charge in [0.1, 0.15) is 5.01 Å². The number of thiazole rings is 1. The summed E-state index contributed by atoms with van der Waals surface area (Å²) in [4.78, 5) is 3.92. The normalized spacial score (nSPS) is 7.89. The Hall–Kier alpha value is -0.0800. The van der Waals surface area contributed by atoms with Crippen molar-refractivity contribution < 1.29 is 0 Å². The Morgan fingerprint density at radius 2 is 2.33 bits per heavy atom. The molecule has 0 saturated carbocycles. The van der Waals surface area contributed by atoms with Gasteiger partial charge in [0.25, 0.3) is 0 Å². The zero-order chi connectivity index (χ0) is 7.11. The van der Waals surface area contributed by atoms with E-state index in [1.807, 2.05) is 19.2 Å². The van der Waals surface area contributed by atoms with Gasteiger partial charge in [-0.15, -0.1) is 22.9 Å². The molecule has 0 saturated heterocycles. The fraction of sp³-hybridized carbons (Fsp3) is 0.500. The highest BCUT2D eigenvalue weighted by atomic mass is 35.5. The standard InChI is InChI=1S/C4H4ClNS.C2H6/c5-3-4-6-1-2-7-4;1-2/h1-2H,3H2;1-2H3. The first-order valence-electron chi connectivity index (χ1n) is 2.88. The Labute approximate surface area is 64.7 Å². The van der Waals surface area contributed by atoms with E-state index < -0.39 is 0 Å². The molecule has 9 heavy (non-hydrogen) atoms. The molecule has 0 unspecified atom stereocenters. The highest BCUT2D eigenvalue weighted by Gasteiger charge is 1.86. The van der Waals surface area contributed by atoms with Crippen molar-refractivity contribution in [1.29, 1.82) is 0 Å². The van der Waals surface area contributed by atoms with Crippen molar-refractivity contribution in [2.75, 3.05) is 0 Å². The topological polar surface area (TPSA) is 12.9 Å². The molecule has 0 aliphatic carbocycles. The largest absolute Gasteiger partial charge is 0.248 e. The molecule has 0 bridgehead atoms. The Morgan fingerprint density at radius 1 is 1.67 bits per heavy atom. The minimum absolute atomic E-state index is 0.539. The van der Waals surface area contributed by atoms with E-state index in [9.17, 15) is 0 Å². The molecule has 0 radical (unpaired) electrons. The Bertz CT molecular complexity index is 128. The summed E-state index contributed by atoms with van der Waals surface area (Å²) < 4.78 is 0. The fourth-order valence-corrected chi connectivity index (χ4v) is 1.04. The van der Waals surface area contributed by atoms with Crippen LogP contribution in [0.25, 0.3) is 0 Å². The molecule has 0 amide bonds. The van der Waals surface area contributed by atoms with Crippen molar-refractivity contribution in [2.24, 2.45) is 0 Å². The zero-order valence-corrected chi connectivity index (χ0v) is 7.17. The Morgan fingerprint density at radius 3 is 2.56 bits per heavy atom. The maximum absolute atomic E-state index is 5.42. The summed E-state index contributed by atoms with van der Waals surface area (Å²) in [6, 6.07) is 0. The second kappa shape index (κ2) is 6.05. The van der Waals surface area contributed by atoms with E-state index in [4.69, 9.17) is 11.6 Å². The molecule has 1 heterocycles. The highest BCUT2D eigenvalue weighted by Crippen LogP contribution is 2.05.